The number of benzene rings is 1. The Morgan fingerprint density at radius 2 is 2.21 bits per heavy atom. The van der Waals surface area contributed by atoms with Gasteiger partial charge in [-0.05, 0) is 24.3 Å². The summed E-state index contributed by atoms with van der Waals surface area (Å²) in [6, 6.07) is 10.8. The minimum absolute atomic E-state index is 0.185. The maximum atomic E-state index is 11.9. The number of methoxy groups -OCH3 is 1. The molecule has 0 bridgehead atoms. The number of hydrogen-bond acceptors (Lipinski definition) is 6. The zero-order valence-electron chi connectivity index (χ0n) is 13.1. The third kappa shape index (κ3) is 3.75. The minimum Gasteiger partial charge on any atom is -0.497 e. The lowest BCUT2D eigenvalue weighted by Gasteiger charge is -2.02. The number of pyridine rings is 1. The smallest absolute Gasteiger partial charge is 0.252 e. The molecule has 3 rings (SSSR count). The molecule has 0 aliphatic carbocycles. The lowest BCUT2D eigenvalue weighted by Crippen LogP contribution is -2.25. The molecule has 0 aliphatic heterocycles. The van der Waals surface area contributed by atoms with Crippen molar-refractivity contribution in [2.75, 3.05) is 13.7 Å². The van der Waals surface area contributed by atoms with Crippen molar-refractivity contribution < 1.29 is 14.1 Å². The van der Waals surface area contributed by atoms with Gasteiger partial charge in [-0.15, -0.1) is 0 Å². The molecule has 0 saturated heterocycles. The predicted octanol–water partition coefficient (Wildman–Crippen LogP) is 2.11. The highest BCUT2D eigenvalue weighted by Gasteiger charge is 2.10. The summed E-state index contributed by atoms with van der Waals surface area (Å²) < 4.78 is 10.4. The molecular formula is C17H16N4O3. The molecule has 0 radical (unpaired) electrons. The molecule has 7 nitrogen and oxygen atoms in total. The van der Waals surface area contributed by atoms with E-state index in [1.54, 1.807) is 25.4 Å². The third-order valence-corrected chi connectivity index (χ3v) is 3.34. The molecule has 7 heteroatoms. The fourth-order valence-electron chi connectivity index (χ4n) is 2.12. The Hall–Kier alpha value is -3.22. The normalized spacial score (nSPS) is 10.4. The van der Waals surface area contributed by atoms with Crippen molar-refractivity contribution in [3.05, 3.63) is 60.2 Å². The summed E-state index contributed by atoms with van der Waals surface area (Å²) in [5.41, 5.74) is 1.32. The van der Waals surface area contributed by atoms with Gasteiger partial charge in [-0.2, -0.15) is 4.98 Å². The number of amides is 1. The van der Waals surface area contributed by atoms with Gasteiger partial charge in [-0.1, -0.05) is 17.3 Å². The van der Waals surface area contributed by atoms with Crippen LogP contribution in [0.2, 0.25) is 0 Å². The highest BCUT2D eigenvalue weighted by Crippen LogP contribution is 2.21. The first-order valence-electron chi connectivity index (χ1n) is 7.41. The molecule has 1 N–H and O–H groups in total. The van der Waals surface area contributed by atoms with Crippen LogP contribution in [0.25, 0.3) is 11.4 Å². The number of nitrogens with zero attached hydrogens (tertiary/aromatic N) is 3. The Morgan fingerprint density at radius 3 is 3.00 bits per heavy atom. The van der Waals surface area contributed by atoms with E-state index in [1.165, 1.54) is 6.20 Å². The quantitative estimate of drug-likeness (QED) is 0.747. The summed E-state index contributed by atoms with van der Waals surface area (Å²) in [6.07, 6.45) is 3.58. The van der Waals surface area contributed by atoms with E-state index in [1.807, 2.05) is 24.3 Å². The fourth-order valence-corrected chi connectivity index (χ4v) is 2.12. The molecule has 2 heterocycles. The average Bonchev–Trinajstić information content (AvgIpc) is 3.11. The van der Waals surface area contributed by atoms with Crippen molar-refractivity contribution in [1.82, 2.24) is 20.4 Å². The predicted molar refractivity (Wildman–Crippen MR) is 86.6 cm³/mol. The Bertz CT molecular complexity index is 817. The second kappa shape index (κ2) is 7.36. The van der Waals surface area contributed by atoms with Gasteiger partial charge in [0.1, 0.15) is 5.75 Å². The molecule has 0 spiro atoms. The van der Waals surface area contributed by atoms with Gasteiger partial charge in [0.25, 0.3) is 5.91 Å². The van der Waals surface area contributed by atoms with Gasteiger partial charge >= 0.3 is 0 Å². The standard InChI is InChI=1S/C17H16N4O3/c1-23-14-6-2-4-12(10-14)16-20-15(24-21-16)7-9-19-17(22)13-5-3-8-18-11-13/h2-6,8,10-11H,7,9H2,1H3,(H,19,22). The summed E-state index contributed by atoms with van der Waals surface area (Å²) in [5, 5.41) is 6.74. The van der Waals surface area contributed by atoms with Crippen molar-refractivity contribution in [2.24, 2.45) is 0 Å². The molecule has 0 atom stereocenters. The first-order valence-corrected chi connectivity index (χ1v) is 7.41. The van der Waals surface area contributed by atoms with E-state index >= 15 is 0 Å². The average molecular weight is 324 g/mol. The lowest BCUT2D eigenvalue weighted by atomic mass is 10.2. The summed E-state index contributed by atoms with van der Waals surface area (Å²) in [7, 11) is 1.60. The van der Waals surface area contributed by atoms with Crippen LogP contribution >= 0.6 is 0 Å². The molecule has 0 aliphatic rings. The van der Waals surface area contributed by atoms with E-state index in [0.717, 1.165) is 11.3 Å². The van der Waals surface area contributed by atoms with E-state index < -0.39 is 0 Å². The van der Waals surface area contributed by atoms with Gasteiger partial charge in [-0.25, -0.2) is 0 Å². The molecule has 0 saturated carbocycles. The third-order valence-electron chi connectivity index (χ3n) is 3.34. The molecule has 1 amide bonds. The molecule has 0 unspecified atom stereocenters. The maximum absolute atomic E-state index is 11.9. The maximum Gasteiger partial charge on any atom is 0.252 e. The summed E-state index contributed by atoms with van der Waals surface area (Å²) in [4.78, 5) is 20.1. The van der Waals surface area contributed by atoms with Crippen molar-refractivity contribution in [2.45, 2.75) is 6.42 Å². The van der Waals surface area contributed by atoms with Crippen LogP contribution in [-0.2, 0) is 6.42 Å². The SMILES string of the molecule is COc1cccc(-c2noc(CCNC(=O)c3cccnc3)n2)c1. The second-order valence-corrected chi connectivity index (χ2v) is 4.99. The number of carbonyl (C=O) groups excluding carboxylic acids is 1. The van der Waals surface area contributed by atoms with Crippen LogP contribution in [0.1, 0.15) is 16.2 Å². The van der Waals surface area contributed by atoms with Crippen molar-refractivity contribution in [1.29, 1.82) is 0 Å². The topological polar surface area (TPSA) is 90.1 Å². The van der Waals surface area contributed by atoms with Crippen LogP contribution in [0.5, 0.6) is 5.75 Å². The van der Waals surface area contributed by atoms with Crippen molar-refractivity contribution >= 4 is 5.91 Å². The highest BCUT2D eigenvalue weighted by atomic mass is 16.5. The van der Waals surface area contributed by atoms with E-state index in [9.17, 15) is 4.79 Å². The number of carbonyl (C=O) groups is 1. The molecule has 0 fully saturated rings. The summed E-state index contributed by atoms with van der Waals surface area (Å²) in [6.45, 7) is 0.396. The summed E-state index contributed by atoms with van der Waals surface area (Å²) in [5.74, 6) is 1.49. The first kappa shape index (κ1) is 15.7. The second-order valence-electron chi connectivity index (χ2n) is 4.99. The van der Waals surface area contributed by atoms with Gasteiger partial charge in [0.2, 0.25) is 11.7 Å². The van der Waals surface area contributed by atoms with Crippen LogP contribution in [0.15, 0.2) is 53.3 Å². The number of nitrogens with one attached hydrogen (secondary N) is 1. The monoisotopic (exact) mass is 324 g/mol. The lowest BCUT2D eigenvalue weighted by molar-refractivity contribution is 0.0953. The number of aromatic nitrogens is 3. The minimum atomic E-state index is -0.185. The Labute approximate surface area is 138 Å². The van der Waals surface area contributed by atoms with Gasteiger partial charge in [-0.3, -0.25) is 9.78 Å². The van der Waals surface area contributed by atoms with Crippen LogP contribution in [0.3, 0.4) is 0 Å². The number of ether oxygens (including phenoxy) is 1. The van der Waals surface area contributed by atoms with Gasteiger partial charge < -0.3 is 14.6 Å². The largest absolute Gasteiger partial charge is 0.497 e. The van der Waals surface area contributed by atoms with E-state index in [2.05, 4.69) is 20.4 Å². The fraction of sp³-hybridized carbons (Fsp3) is 0.176. The molecule has 122 valence electrons. The Balaban J connectivity index is 1.57. The zero-order chi connectivity index (χ0) is 16.8. The van der Waals surface area contributed by atoms with Gasteiger partial charge in [0, 0.05) is 30.9 Å². The molecule has 1 aromatic carbocycles. The molecular weight excluding hydrogens is 308 g/mol. The molecule has 24 heavy (non-hydrogen) atoms. The Kier molecular flexibility index (Phi) is 4.81. The van der Waals surface area contributed by atoms with E-state index in [-0.39, 0.29) is 5.91 Å². The molecule has 2 aromatic heterocycles. The van der Waals surface area contributed by atoms with Gasteiger partial charge in [0.15, 0.2) is 0 Å². The first-order chi connectivity index (χ1) is 11.8. The highest BCUT2D eigenvalue weighted by molar-refractivity contribution is 5.93. The van der Waals surface area contributed by atoms with E-state index in [4.69, 9.17) is 9.26 Å². The van der Waals surface area contributed by atoms with Crippen molar-refractivity contribution in [3.63, 3.8) is 0 Å². The zero-order valence-corrected chi connectivity index (χ0v) is 13.1. The van der Waals surface area contributed by atoms with E-state index in [0.29, 0.717) is 30.2 Å². The van der Waals surface area contributed by atoms with Crippen LogP contribution in [0.4, 0.5) is 0 Å². The van der Waals surface area contributed by atoms with Gasteiger partial charge in [0.05, 0.1) is 12.7 Å². The van der Waals surface area contributed by atoms with Crippen LogP contribution in [0, 0.1) is 0 Å². The molecule has 3 aromatic rings. The number of rotatable bonds is 6. The number of hydrogen-bond donors (Lipinski definition) is 1. The van der Waals surface area contributed by atoms with Crippen LogP contribution in [-0.4, -0.2) is 34.7 Å². The van der Waals surface area contributed by atoms with Crippen molar-refractivity contribution in [3.8, 4) is 17.1 Å². The Morgan fingerprint density at radius 1 is 1.29 bits per heavy atom. The van der Waals surface area contributed by atoms with Crippen LogP contribution < -0.4 is 10.1 Å². The summed E-state index contributed by atoms with van der Waals surface area (Å²) >= 11 is 0.